The van der Waals surface area contributed by atoms with E-state index in [0.717, 1.165) is 31.4 Å². The molecule has 0 aromatic heterocycles. The first-order valence-electron chi connectivity index (χ1n) is 8.57. The monoisotopic (exact) mass is 332 g/mol. The summed E-state index contributed by atoms with van der Waals surface area (Å²) in [6.45, 7) is 4.21. The largest absolute Gasteiger partial charge is 0.357 e. The lowest BCUT2D eigenvalue weighted by molar-refractivity contribution is 0.338. The van der Waals surface area contributed by atoms with E-state index in [1.54, 1.807) is 24.3 Å². The van der Waals surface area contributed by atoms with Crippen LogP contribution >= 0.6 is 0 Å². The third kappa shape index (κ3) is 7.05. The molecule has 0 saturated heterocycles. The van der Waals surface area contributed by atoms with E-state index in [2.05, 4.69) is 55.4 Å². The lowest BCUT2D eigenvalue weighted by atomic mass is 10.0. The highest BCUT2D eigenvalue weighted by molar-refractivity contribution is 5.84. The van der Waals surface area contributed by atoms with Crippen molar-refractivity contribution in [2.24, 2.45) is 5.16 Å². The van der Waals surface area contributed by atoms with Crippen molar-refractivity contribution in [3.8, 4) is 11.8 Å². The van der Waals surface area contributed by atoms with Gasteiger partial charge in [0.1, 0.15) is 0 Å². The van der Waals surface area contributed by atoms with Crippen LogP contribution in [0.4, 0.5) is 0 Å². The van der Waals surface area contributed by atoms with E-state index in [1.165, 1.54) is 11.1 Å². The zero-order chi connectivity index (χ0) is 17.9. The van der Waals surface area contributed by atoms with E-state index >= 15 is 0 Å². The molecule has 0 saturated carbocycles. The number of oxime groups is 1. The van der Waals surface area contributed by atoms with Crippen LogP contribution in [0.3, 0.4) is 0 Å². The molecule has 0 aliphatic heterocycles. The second-order valence-electron chi connectivity index (χ2n) is 6.19. The Morgan fingerprint density at radius 3 is 2.40 bits per heavy atom. The van der Waals surface area contributed by atoms with Gasteiger partial charge in [-0.15, -0.1) is 0 Å². The summed E-state index contributed by atoms with van der Waals surface area (Å²) in [7, 11) is 0. The summed E-state index contributed by atoms with van der Waals surface area (Å²) in [6, 6.07) is 19.5. The molecule has 0 spiro atoms. The maximum absolute atomic E-state index is 8.84. The Hall–Kier alpha value is -2.86. The van der Waals surface area contributed by atoms with Crippen molar-refractivity contribution in [3.05, 3.63) is 77.4 Å². The predicted molar refractivity (Wildman–Crippen MR) is 103 cm³/mol. The molecule has 25 heavy (non-hydrogen) atoms. The molecule has 0 aliphatic rings. The van der Waals surface area contributed by atoms with Crippen LogP contribution in [0.2, 0.25) is 0 Å². The lowest BCUT2D eigenvalue weighted by Crippen LogP contribution is -2.03. The van der Waals surface area contributed by atoms with Crippen LogP contribution in [0.1, 0.15) is 44.2 Å². The molecule has 0 unspecified atom stereocenters. The van der Waals surface area contributed by atoms with Crippen molar-refractivity contribution in [1.82, 2.24) is 0 Å². The van der Waals surface area contributed by atoms with Gasteiger partial charge in [-0.25, -0.2) is 0 Å². The highest BCUT2D eigenvalue weighted by atomic mass is 16.6. The van der Waals surface area contributed by atoms with Crippen LogP contribution in [0.5, 0.6) is 5.75 Å². The van der Waals surface area contributed by atoms with E-state index in [4.69, 9.17) is 10.1 Å². The number of hydrogen-bond donors (Lipinski definition) is 0. The number of benzene rings is 2. The summed E-state index contributed by atoms with van der Waals surface area (Å²) in [5.74, 6) is 0.651. The molecule has 0 heterocycles. The van der Waals surface area contributed by atoms with Crippen molar-refractivity contribution in [3.63, 3.8) is 0 Å². The minimum Gasteiger partial charge on any atom is -0.357 e. The van der Waals surface area contributed by atoms with E-state index < -0.39 is 0 Å². The molecule has 128 valence electrons. The molecule has 0 aliphatic carbocycles. The summed E-state index contributed by atoms with van der Waals surface area (Å²) >= 11 is 0. The predicted octanol–water partition coefficient (Wildman–Crippen LogP) is 5.67. The number of hydrogen-bond acceptors (Lipinski definition) is 3. The Morgan fingerprint density at radius 1 is 1.04 bits per heavy atom. The first-order chi connectivity index (χ1) is 12.2. The van der Waals surface area contributed by atoms with Crippen molar-refractivity contribution in [2.75, 3.05) is 0 Å². The molecule has 0 bridgehead atoms. The van der Waals surface area contributed by atoms with Gasteiger partial charge in [0.05, 0.1) is 17.3 Å². The van der Waals surface area contributed by atoms with Gasteiger partial charge in [-0.3, -0.25) is 0 Å². The number of aryl methyl sites for hydroxylation is 1. The topological polar surface area (TPSA) is 45.4 Å². The summed E-state index contributed by atoms with van der Waals surface area (Å²) < 4.78 is 0. The number of nitrogens with zero attached hydrogens (tertiary/aromatic N) is 2. The van der Waals surface area contributed by atoms with E-state index in [9.17, 15) is 0 Å². The molecule has 2 aromatic carbocycles. The molecular weight excluding hydrogens is 308 g/mol. The molecule has 3 heteroatoms. The van der Waals surface area contributed by atoms with Gasteiger partial charge in [0.25, 0.3) is 0 Å². The van der Waals surface area contributed by atoms with Crippen LogP contribution < -0.4 is 4.84 Å². The van der Waals surface area contributed by atoms with Crippen molar-refractivity contribution in [2.45, 2.75) is 39.5 Å². The summed E-state index contributed by atoms with van der Waals surface area (Å²) in [5.41, 5.74) is 4.28. The van der Waals surface area contributed by atoms with Crippen LogP contribution in [-0.4, -0.2) is 5.71 Å². The Kier molecular flexibility index (Phi) is 7.46. The molecule has 0 N–H and O–H groups in total. The summed E-state index contributed by atoms with van der Waals surface area (Å²) in [4.78, 5) is 5.57. The molecule has 3 nitrogen and oxygen atoms in total. The van der Waals surface area contributed by atoms with Gasteiger partial charge in [-0.2, -0.15) is 5.26 Å². The fourth-order valence-electron chi connectivity index (χ4n) is 2.38. The van der Waals surface area contributed by atoms with Crippen LogP contribution in [0, 0.1) is 11.3 Å². The molecule has 0 radical (unpaired) electrons. The van der Waals surface area contributed by atoms with E-state index in [0.29, 0.717) is 11.3 Å². The first-order valence-corrected chi connectivity index (χ1v) is 8.57. The van der Waals surface area contributed by atoms with E-state index in [1.807, 2.05) is 6.07 Å². The average Bonchev–Trinajstić information content (AvgIpc) is 2.64. The summed E-state index contributed by atoms with van der Waals surface area (Å²) in [6.07, 6.45) is 5.89. The van der Waals surface area contributed by atoms with Crippen LogP contribution in [0.25, 0.3) is 0 Å². The maximum atomic E-state index is 8.84. The second kappa shape index (κ2) is 10.1. The third-order valence-electron chi connectivity index (χ3n) is 3.79. The SMILES string of the molecule is CC(C)=CCC/C(CCc1ccccc1)=N/Oc1ccc(C#N)cc1. The smallest absolute Gasteiger partial charge is 0.158 e. The van der Waals surface area contributed by atoms with Crippen molar-refractivity contribution < 1.29 is 4.84 Å². The minimum absolute atomic E-state index is 0.615. The van der Waals surface area contributed by atoms with E-state index in [-0.39, 0.29) is 0 Å². The number of allylic oxidation sites excluding steroid dienone is 2. The minimum atomic E-state index is 0.615. The average molecular weight is 332 g/mol. The van der Waals surface area contributed by atoms with Crippen LogP contribution in [-0.2, 0) is 6.42 Å². The highest BCUT2D eigenvalue weighted by Crippen LogP contribution is 2.14. The zero-order valence-corrected chi connectivity index (χ0v) is 14.9. The molecule has 0 atom stereocenters. The summed E-state index contributed by atoms with van der Waals surface area (Å²) in [5, 5.41) is 13.2. The Labute approximate surface area is 150 Å². The van der Waals surface area contributed by atoms with Crippen LogP contribution in [0.15, 0.2) is 71.4 Å². The highest BCUT2D eigenvalue weighted by Gasteiger charge is 2.03. The van der Waals surface area contributed by atoms with Gasteiger partial charge >= 0.3 is 0 Å². The van der Waals surface area contributed by atoms with Crippen molar-refractivity contribution in [1.29, 1.82) is 5.26 Å². The fourth-order valence-corrected chi connectivity index (χ4v) is 2.38. The molecule has 0 fully saturated rings. The Morgan fingerprint density at radius 2 is 1.76 bits per heavy atom. The standard InChI is InChI=1S/C22H24N2O/c1-18(2)7-6-10-21(14-11-19-8-4-3-5-9-19)24-25-22-15-12-20(17-23)13-16-22/h3-5,7-9,12-13,15-16H,6,10-11,14H2,1-2H3/b24-21-. The Bertz CT molecular complexity index is 749. The first kappa shape index (κ1) is 18.5. The second-order valence-corrected chi connectivity index (χ2v) is 6.19. The number of rotatable bonds is 8. The normalized spacial score (nSPS) is 10.8. The quantitative estimate of drug-likeness (QED) is 0.355. The molecule has 2 aromatic rings. The van der Waals surface area contributed by atoms with Gasteiger partial charge in [-0.1, -0.05) is 47.1 Å². The van der Waals surface area contributed by atoms with Gasteiger partial charge < -0.3 is 4.84 Å². The third-order valence-corrected chi connectivity index (χ3v) is 3.79. The maximum Gasteiger partial charge on any atom is 0.158 e. The zero-order valence-electron chi connectivity index (χ0n) is 14.9. The lowest BCUT2D eigenvalue weighted by Gasteiger charge is -2.07. The Balaban J connectivity index is 2.00. The molecule has 0 amide bonds. The molecule has 2 rings (SSSR count). The van der Waals surface area contributed by atoms with Gasteiger partial charge in [0, 0.05) is 0 Å². The van der Waals surface area contributed by atoms with Gasteiger partial charge in [-0.05, 0) is 69.4 Å². The number of nitriles is 1. The van der Waals surface area contributed by atoms with Crippen molar-refractivity contribution >= 4 is 5.71 Å². The molecular formula is C22H24N2O. The van der Waals surface area contributed by atoms with Gasteiger partial charge in [0.2, 0.25) is 0 Å². The van der Waals surface area contributed by atoms with Gasteiger partial charge in [0.15, 0.2) is 5.75 Å². The fraction of sp³-hybridized carbons (Fsp3) is 0.273.